The van der Waals surface area contributed by atoms with Crippen molar-refractivity contribution in [1.29, 1.82) is 0 Å². The third kappa shape index (κ3) is 8.27. The Bertz CT molecular complexity index is 2720. The molecular weight excluding hydrogens is 851 g/mol. The standard InChI is InChI=1S/C45H45F4N11O5/c1-25-16-28(8-9-34(25)59-22-29(19-51-59)39(62)50-20-37-52-43(55-54-37)44(2,3)45(47,48)49)27-6-4-26(5-7-27)21-56-23-30(24-56)57-12-14-58(15-13-57)36-18-32-31(17-33(36)46)41(64)60(42(32)65)35-10-11-38(61)53-40(35)63/h4-9,16-19,22,30,35H,10-15,20-21,23-24H2,1-3H3,(H,50,62)(H,52,54,55)(H,53,61,63). The summed E-state index contributed by atoms with van der Waals surface area (Å²) in [5.74, 6) is -3.97. The van der Waals surface area contributed by atoms with Crippen molar-refractivity contribution in [2.45, 2.75) is 70.4 Å². The predicted octanol–water partition coefficient (Wildman–Crippen LogP) is 4.28. The number of likely N-dealkylation sites (tertiary alicyclic amines) is 1. The van der Waals surface area contributed by atoms with Crippen LogP contribution >= 0.6 is 0 Å². The molecule has 338 valence electrons. The Morgan fingerprint density at radius 1 is 0.892 bits per heavy atom. The SMILES string of the molecule is Cc1cc(-c2ccc(CN3CC(N4CCN(c5cc6c(cc5F)C(=O)N(C5CCC(=O)NC5=O)C6=O)CC4)C3)cc2)ccc1-n1cc(C(=O)NCc2nc(C(C)(C)C(F)(F)F)n[nH]2)cn1. The molecule has 2 aromatic heterocycles. The predicted molar refractivity (Wildman–Crippen MR) is 226 cm³/mol. The van der Waals surface area contributed by atoms with Crippen molar-refractivity contribution in [1.82, 2.24) is 50.3 Å². The van der Waals surface area contributed by atoms with Crippen LogP contribution in [0.4, 0.5) is 23.2 Å². The fourth-order valence-corrected chi connectivity index (χ4v) is 8.72. The number of hydrogen-bond acceptors (Lipinski definition) is 11. The monoisotopic (exact) mass is 895 g/mol. The molecular formula is C45H45F4N11O5. The first kappa shape index (κ1) is 43.5. The number of nitrogens with zero attached hydrogens (tertiary/aromatic N) is 8. The highest BCUT2D eigenvalue weighted by Crippen LogP contribution is 2.39. The molecule has 0 bridgehead atoms. The van der Waals surface area contributed by atoms with E-state index < -0.39 is 58.8 Å². The van der Waals surface area contributed by atoms with Crippen LogP contribution < -0.4 is 15.5 Å². The molecule has 9 rings (SSSR count). The van der Waals surface area contributed by atoms with Crippen LogP contribution in [-0.2, 0) is 28.1 Å². The van der Waals surface area contributed by atoms with Gasteiger partial charge in [0.1, 0.15) is 23.1 Å². The zero-order valence-corrected chi connectivity index (χ0v) is 35.7. The van der Waals surface area contributed by atoms with E-state index in [0.29, 0.717) is 32.2 Å². The van der Waals surface area contributed by atoms with E-state index in [-0.39, 0.29) is 47.6 Å². The van der Waals surface area contributed by atoms with E-state index in [0.717, 1.165) is 66.8 Å². The second-order valence-electron chi connectivity index (χ2n) is 17.5. The van der Waals surface area contributed by atoms with Crippen LogP contribution in [0.2, 0.25) is 0 Å². The Hall–Kier alpha value is -6.80. The fourth-order valence-electron chi connectivity index (χ4n) is 8.72. The van der Waals surface area contributed by atoms with Gasteiger partial charge in [-0.1, -0.05) is 30.3 Å². The summed E-state index contributed by atoms with van der Waals surface area (Å²) in [7, 11) is 0. The lowest BCUT2D eigenvalue weighted by molar-refractivity contribution is -0.182. The normalized spacial score (nSPS) is 18.8. The number of aromatic amines is 1. The van der Waals surface area contributed by atoms with Crippen molar-refractivity contribution in [3.05, 3.63) is 112 Å². The van der Waals surface area contributed by atoms with E-state index in [1.54, 1.807) is 10.9 Å². The Morgan fingerprint density at radius 3 is 2.26 bits per heavy atom. The number of carbonyl (C=O) groups is 5. The Morgan fingerprint density at radius 2 is 1.58 bits per heavy atom. The minimum absolute atomic E-state index is 0.00416. The van der Waals surface area contributed by atoms with E-state index in [4.69, 9.17) is 0 Å². The highest BCUT2D eigenvalue weighted by Gasteiger charge is 2.51. The van der Waals surface area contributed by atoms with Crippen molar-refractivity contribution in [2.24, 2.45) is 0 Å². The topological polar surface area (TPSA) is 182 Å². The molecule has 1 atom stereocenters. The van der Waals surface area contributed by atoms with Crippen LogP contribution in [0.25, 0.3) is 16.8 Å². The summed E-state index contributed by atoms with van der Waals surface area (Å²) >= 11 is 0. The van der Waals surface area contributed by atoms with Gasteiger partial charge in [-0.15, -0.1) is 0 Å². The molecule has 20 heteroatoms. The number of imide groups is 2. The fraction of sp³-hybridized carbons (Fsp3) is 0.378. The third-order valence-electron chi connectivity index (χ3n) is 12.8. The van der Waals surface area contributed by atoms with Gasteiger partial charge in [0.2, 0.25) is 11.8 Å². The van der Waals surface area contributed by atoms with Crippen molar-refractivity contribution >= 4 is 35.2 Å². The van der Waals surface area contributed by atoms with Gasteiger partial charge in [-0.25, -0.2) is 14.1 Å². The smallest absolute Gasteiger partial charge is 0.367 e. The molecule has 0 radical (unpaired) electrons. The summed E-state index contributed by atoms with van der Waals surface area (Å²) in [4.78, 5) is 74.8. The number of piperazine rings is 1. The average molecular weight is 896 g/mol. The molecule has 1 unspecified atom stereocenters. The zero-order chi connectivity index (χ0) is 45.9. The summed E-state index contributed by atoms with van der Waals surface area (Å²) in [6.07, 6.45) is -1.51. The zero-order valence-electron chi connectivity index (χ0n) is 35.7. The molecule has 4 aliphatic rings. The number of hydrogen-bond donors (Lipinski definition) is 3. The minimum Gasteiger partial charge on any atom is -0.367 e. The summed E-state index contributed by atoms with van der Waals surface area (Å²) in [5, 5.41) is 15.3. The van der Waals surface area contributed by atoms with Crippen molar-refractivity contribution in [3.8, 4) is 16.8 Å². The maximum Gasteiger partial charge on any atom is 0.401 e. The molecule has 5 amide bonds. The first-order valence-electron chi connectivity index (χ1n) is 21.2. The number of nitrogens with one attached hydrogen (secondary N) is 3. The molecule has 3 saturated heterocycles. The summed E-state index contributed by atoms with van der Waals surface area (Å²) in [5.41, 5.74) is 3.18. The maximum atomic E-state index is 15.5. The summed E-state index contributed by atoms with van der Waals surface area (Å²) in [6.45, 7) is 8.86. The number of amides is 5. The van der Waals surface area contributed by atoms with Gasteiger partial charge in [0.05, 0.1) is 40.8 Å². The number of alkyl halides is 3. The molecule has 65 heavy (non-hydrogen) atoms. The number of anilines is 1. The number of aryl methyl sites for hydroxylation is 1. The molecule has 0 saturated carbocycles. The van der Waals surface area contributed by atoms with Gasteiger partial charge in [0.15, 0.2) is 5.82 Å². The lowest BCUT2D eigenvalue weighted by atomic mass is 9.92. The van der Waals surface area contributed by atoms with E-state index in [1.165, 1.54) is 17.8 Å². The van der Waals surface area contributed by atoms with Gasteiger partial charge in [-0.05, 0) is 73.7 Å². The van der Waals surface area contributed by atoms with E-state index >= 15 is 4.39 Å². The molecule has 5 aromatic rings. The molecule has 0 spiro atoms. The lowest BCUT2D eigenvalue weighted by Crippen LogP contribution is -2.62. The van der Waals surface area contributed by atoms with E-state index in [2.05, 4.69) is 65.0 Å². The van der Waals surface area contributed by atoms with Crippen molar-refractivity contribution < 1.29 is 41.5 Å². The molecule has 6 heterocycles. The van der Waals surface area contributed by atoms with E-state index in [1.807, 2.05) is 30.0 Å². The van der Waals surface area contributed by atoms with E-state index in [9.17, 15) is 37.1 Å². The number of halogens is 4. The van der Waals surface area contributed by atoms with Gasteiger partial charge in [0, 0.05) is 64.5 Å². The number of rotatable bonds is 11. The third-order valence-corrected chi connectivity index (χ3v) is 12.8. The van der Waals surface area contributed by atoms with Gasteiger partial charge in [-0.3, -0.25) is 49.1 Å². The molecule has 3 aromatic carbocycles. The number of fused-ring (bicyclic) bond motifs is 1. The average Bonchev–Trinajstić information content (AvgIpc) is 4.00. The number of aromatic nitrogens is 5. The van der Waals surface area contributed by atoms with Crippen LogP contribution in [0, 0.1) is 12.7 Å². The number of carbonyl (C=O) groups excluding carboxylic acids is 5. The maximum absolute atomic E-state index is 15.5. The van der Waals surface area contributed by atoms with Crippen molar-refractivity contribution in [2.75, 3.05) is 44.2 Å². The highest BCUT2D eigenvalue weighted by molar-refractivity contribution is 6.23. The summed E-state index contributed by atoms with van der Waals surface area (Å²) in [6, 6.07) is 16.1. The number of piperidine rings is 1. The minimum atomic E-state index is -4.54. The van der Waals surface area contributed by atoms with Gasteiger partial charge >= 0.3 is 6.18 Å². The highest BCUT2D eigenvalue weighted by atomic mass is 19.4. The molecule has 16 nitrogen and oxygen atoms in total. The van der Waals surface area contributed by atoms with Crippen LogP contribution in [0.3, 0.4) is 0 Å². The number of benzene rings is 3. The Labute approximate surface area is 369 Å². The van der Waals surface area contributed by atoms with Crippen LogP contribution in [0.5, 0.6) is 0 Å². The second-order valence-corrected chi connectivity index (χ2v) is 17.5. The van der Waals surface area contributed by atoms with Crippen molar-refractivity contribution in [3.63, 3.8) is 0 Å². The molecule has 0 aliphatic carbocycles. The second kappa shape index (κ2) is 16.6. The molecule has 4 aliphatic heterocycles. The van der Waals surface area contributed by atoms with Crippen LogP contribution in [0.1, 0.15) is 80.5 Å². The first-order valence-corrected chi connectivity index (χ1v) is 21.2. The van der Waals surface area contributed by atoms with Crippen LogP contribution in [0.15, 0.2) is 67.0 Å². The largest absolute Gasteiger partial charge is 0.401 e. The number of H-pyrrole nitrogens is 1. The first-order chi connectivity index (χ1) is 30.9. The van der Waals surface area contributed by atoms with Crippen LogP contribution in [-0.4, -0.2) is 127 Å². The lowest BCUT2D eigenvalue weighted by Gasteiger charge is -2.48. The molecule has 3 N–H and O–H groups in total. The Balaban J connectivity index is 0.740. The Kier molecular flexibility index (Phi) is 11.1. The molecule has 3 fully saturated rings. The quantitative estimate of drug-likeness (QED) is 0.127. The summed E-state index contributed by atoms with van der Waals surface area (Å²) < 4.78 is 57.2. The van der Waals surface area contributed by atoms with Gasteiger partial charge in [-0.2, -0.15) is 23.4 Å². The van der Waals surface area contributed by atoms with Gasteiger partial charge in [0.25, 0.3) is 17.7 Å². The van der Waals surface area contributed by atoms with Gasteiger partial charge < -0.3 is 10.2 Å².